The van der Waals surface area contributed by atoms with Crippen molar-refractivity contribution >= 4 is 52.0 Å². The molecule has 2 aromatic heterocycles. The number of methoxy groups -OCH3 is 1. The number of hydrogen-bond donors (Lipinski definition) is 1. The maximum Gasteiger partial charge on any atom is 0.158 e. The highest BCUT2D eigenvalue weighted by atomic mass is 35.5. The number of aromatic nitrogens is 3. The van der Waals surface area contributed by atoms with Crippen LogP contribution in [0.15, 0.2) is 73.2 Å². The van der Waals surface area contributed by atoms with Crippen molar-refractivity contribution in [2.45, 2.75) is 0 Å². The van der Waals surface area contributed by atoms with E-state index in [4.69, 9.17) is 27.9 Å². The number of anilines is 2. The summed E-state index contributed by atoms with van der Waals surface area (Å²) in [7, 11) is 1.37. The van der Waals surface area contributed by atoms with Crippen LogP contribution in [0, 0.1) is 5.82 Å². The van der Waals surface area contributed by atoms with Gasteiger partial charge in [0.25, 0.3) is 0 Å². The van der Waals surface area contributed by atoms with E-state index >= 15 is 0 Å². The zero-order chi connectivity index (χ0) is 25.2. The summed E-state index contributed by atoms with van der Waals surface area (Å²) in [5.74, 6) is -0.0653. The van der Waals surface area contributed by atoms with Crippen molar-refractivity contribution in [2.75, 3.05) is 12.4 Å². The number of pyridine rings is 1. The van der Waals surface area contributed by atoms with Gasteiger partial charge in [-0.15, -0.1) is 0 Å². The lowest BCUT2D eigenvalue weighted by atomic mass is 9.97. The van der Waals surface area contributed by atoms with Crippen LogP contribution in [-0.4, -0.2) is 28.3 Å². The predicted octanol–water partition coefficient (Wildman–Crippen LogP) is 7.37. The fourth-order valence-electron chi connectivity index (χ4n) is 3.95. The summed E-state index contributed by atoms with van der Waals surface area (Å²) in [6.07, 6.45) is 5.27. The number of benzene rings is 3. The molecule has 0 spiro atoms. The van der Waals surface area contributed by atoms with Crippen LogP contribution in [0.5, 0.6) is 5.75 Å². The Bertz CT molecular complexity index is 1620. The van der Waals surface area contributed by atoms with Gasteiger partial charge in [-0.2, -0.15) is 0 Å². The van der Waals surface area contributed by atoms with Gasteiger partial charge in [0, 0.05) is 35.3 Å². The Morgan fingerprint density at radius 1 is 0.889 bits per heavy atom. The predicted molar refractivity (Wildman–Crippen MR) is 140 cm³/mol. The zero-order valence-corrected chi connectivity index (χ0v) is 20.3. The minimum absolute atomic E-state index is 0.122. The summed E-state index contributed by atoms with van der Waals surface area (Å²) in [5.41, 5.74) is 4.09. The molecule has 5 aromatic rings. The van der Waals surface area contributed by atoms with Gasteiger partial charge in [-0.1, -0.05) is 53.5 Å². The summed E-state index contributed by atoms with van der Waals surface area (Å²) < 4.78 is 19.8. The number of nitrogens with one attached hydrogen (secondary N) is 1. The smallest absolute Gasteiger partial charge is 0.158 e. The molecule has 0 unspecified atom stereocenters. The highest BCUT2D eigenvalue weighted by molar-refractivity contribution is 6.39. The third-order valence-electron chi connectivity index (χ3n) is 5.67. The molecule has 0 bridgehead atoms. The van der Waals surface area contributed by atoms with Crippen LogP contribution in [0.4, 0.5) is 15.9 Å². The molecule has 6 nitrogen and oxygen atoms in total. The van der Waals surface area contributed by atoms with Crippen molar-refractivity contribution < 1.29 is 13.9 Å². The molecule has 0 aliphatic carbocycles. The number of fused-ring (bicyclic) bond motifs is 1. The SMILES string of the molecule is COc1cc(-c2cccc(-c3cccc(Nc4nccc5nccnc45)c3Cl)c2Cl)cc(F)c1C=O. The number of nitrogens with zero attached hydrogens (tertiary/aromatic N) is 3. The summed E-state index contributed by atoms with van der Waals surface area (Å²) >= 11 is 13.6. The van der Waals surface area contributed by atoms with E-state index in [1.807, 2.05) is 24.3 Å². The maximum absolute atomic E-state index is 14.6. The van der Waals surface area contributed by atoms with Crippen molar-refractivity contribution in [2.24, 2.45) is 0 Å². The van der Waals surface area contributed by atoms with Gasteiger partial charge in [0.1, 0.15) is 17.1 Å². The second-order valence-corrected chi connectivity index (χ2v) is 8.49. The van der Waals surface area contributed by atoms with Gasteiger partial charge in [-0.25, -0.2) is 14.4 Å². The molecule has 0 aliphatic rings. The van der Waals surface area contributed by atoms with Crippen molar-refractivity contribution in [1.82, 2.24) is 15.0 Å². The molecule has 0 radical (unpaired) electrons. The Kier molecular flexibility index (Phi) is 6.50. The molecule has 0 saturated heterocycles. The number of halogens is 3. The largest absolute Gasteiger partial charge is 0.496 e. The maximum atomic E-state index is 14.6. The molecule has 2 heterocycles. The molecule has 0 saturated carbocycles. The average Bonchev–Trinajstić information content (AvgIpc) is 2.90. The molecule has 0 amide bonds. The first-order valence-corrected chi connectivity index (χ1v) is 11.5. The van der Waals surface area contributed by atoms with Gasteiger partial charge in [-0.3, -0.25) is 9.78 Å². The highest BCUT2D eigenvalue weighted by Gasteiger charge is 2.18. The van der Waals surface area contributed by atoms with Crippen LogP contribution in [0.3, 0.4) is 0 Å². The quantitative estimate of drug-likeness (QED) is 0.236. The lowest BCUT2D eigenvalue weighted by Crippen LogP contribution is -1.98. The highest BCUT2D eigenvalue weighted by Crippen LogP contribution is 2.43. The van der Waals surface area contributed by atoms with E-state index in [9.17, 15) is 9.18 Å². The fraction of sp³-hybridized carbons (Fsp3) is 0.0370. The first kappa shape index (κ1) is 23.7. The number of ether oxygens (including phenoxy) is 1. The molecule has 3 aromatic carbocycles. The Balaban J connectivity index is 1.58. The zero-order valence-electron chi connectivity index (χ0n) is 18.8. The van der Waals surface area contributed by atoms with Crippen LogP contribution in [0.25, 0.3) is 33.3 Å². The molecule has 0 aliphatic heterocycles. The molecule has 36 heavy (non-hydrogen) atoms. The van der Waals surface area contributed by atoms with Crippen LogP contribution < -0.4 is 10.1 Å². The molecule has 0 atom stereocenters. The Hall–Kier alpha value is -4.07. The summed E-state index contributed by atoms with van der Waals surface area (Å²) in [6, 6.07) is 15.5. The Labute approximate surface area is 215 Å². The first-order chi connectivity index (χ1) is 17.5. The van der Waals surface area contributed by atoms with Crippen LogP contribution >= 0.6 is 23.2 Å². The van der Waals surface area contributed by atoms with Gasteiger partial charge in [0.2, 0.25) is 0 Å². The van der Waals surface area contributed by atoms with Crippen molar-refractivity contribution in [3.05, 3.63) is 94.6 Å². The summed E-state index contributed by atoms with van der Waals surface area (Å²) in [6.45, 7) is 0. The minimum atomic E-state index is -0.698. The summed E-state index contributed by atoms with van der Waals surface area (Å²) in [4.78, 5) is 24.3. The Morgan fingerprint density at radius 2 is 1.61 bits per heavy atom. The van der Waals surface area contributed by atoms with E-state index in [2.05, 4.69) is 20.3 Å². The van der Waals surface area contributed by atoms with Gasteiger partial charge >= 0.3 is 0 Å². The van der Waals surface area contributed by atoms with Crippen LogP contribution in [0.1, 0.15) is 10.4 Å². The monoisotopic (exact) mass is 518 g/mol. The van der Waals surface area contributed by atoms with Gasteiger partial charge < -0.3 is 10.1 Å². The standard InChI is InChI=1S/C27H17Cl2FN4O2/c1-36-23-13-15(12-20(30)19(23)14-35)16-4-2-5-17(24(16)28)18-6-3-7-21(25(18)29)34-27-26-22(8-9-33-27)31-10-11-32-26/h2-14H,1H3,(H,33,34). The molecular weight excluding hydrogens is 502 g/mol. The van der Waals surface area contributed by atoms with Gasteiger partial charge in [0.05, 0.1) is 33.9 Å². The van der Waals surface area contributed by atoms with Crippen molar-refractivity contribution in [3.63, 3.8) is 0 Å². The third-order valence-corrected chi connectivity index (χ3v) is 6.48. The average molecular weight is 519 g/mol. The molecule has 5 rings (SSSR count). The molecule has 1 N–H and O–H groups in total. The Morgan fingerprint density at radius 3 is 2.39 bits per heavy atom. The van der Waals surface area contributed by atoms with Crippen LogP contribution in [0.2, 0.25) is 10.0 Å². The van der Waals surface area contributed by atoms with E-state index in [-0.39, 0.29) is 11.3 Å². The molecule has 178 valence electrons. The first-order valence-electron chi connectivity index (χ1n) is 10.7. The topological polar surface area (TPSA) is 77.0 Å². The van der Waals surface area contributed by atoms with E-state index in [1.54, 1.807) is 42.9 Å². The lowest BCUT2D eigenvalue weighted by Gasteiger charge is -2.15. The van der Waals surface area contributed by atoms with E-state index in [0.29, 0.717) is 61.1 Å². The second-order valence-electron chi connectivity index (χ2n) is 7.73. The van der Waals surface area contributed by atoms with E-state index < -0.39 is 5.82 Å². The van der Waals surface area contributed by atoms with Gasteiger partial charge in [0.15, 0.2) is 12.1 Å². The number of rotatable bonds is 6. The lowest BCUT2D eigenvalue weighted by molar-refractivity contribution is 0.111. The van der Waals surface area contributed by atoms with Gasteiger partial charge in [-0.05, 0) is 29.8 Å². The normalized spacial score (nSPS) is 10.9. The number of hydrogen-bond acceptors (Lipinski definition) is 6. The van der Waals surface area contributed by atoms with Crippen molar-refractivity contribution in [3.8, 4) is 28.0 Å². The molecular formula is C27H17Cl2FN4O2. The second kappa shape index (κ2) is 9.89. The molecule has 9 heteroatoms. The van der Waals surface area contributed by atoms with E-state index in [1.165, 1.54) is 13.2 Å². The number of carbonyl (C=O) groups is 1. The summed E-state index contributed by atoms with van der Waals surface area (Å²) in [5, 5.41) is 4.02. The van der Waals surface area contributed by atoms with Crippen molar-refractivity contribution in [1.29, 1.82) is 0 Å². The minimum Gasteiger partial charge on any atom is -0.496 e. The fourth-order valence-corrected chi connectivity index (χ4v) is 4.56. The molecule has 0 fully saturated rings. The van der Waals surface area contributed by atoms with Crippen LogP contribution in [-0.2, 0) is 0 Å². The number of aldehydes is 1. The number of carbonyl (C=O) groups excluding carboxylic acids is 1. The third kappa shape index (κ3) is 4.23. The van der Waals surface area contributed by atoms with E-state index in [0.717, 1.165) is 0 Å².